The molecule has 0 saturated heterocycles. The first-order chi connectivity index (χ1) is 9.60. The lowest BCUT2D eigenvalue weighted by Gasteiger charge is -2.11. The van der Waals surface area contributed by atoms with E-state index in [1.807, 2.05) is 6.92 Å². The number of rotatable bonds is 8. The molecule has 112 valence electrons. The van der Waals surface area contributed by atoms with Crippen molar-refractivity contribution in [1.29, 1.82) is 0 Å². The van der Waals surface area contributed by atoms with Crippen molar-refractivity contribution in [3.05, 3.63) is 23.5 Å². The third kappa shape index (κ3) is 5.04. The zero-order valence-corrected chi connectivity index (χ0v) is 12.9. The quantitative estimate of drug-likeness (QED) is 0.427. The molecule has 0 spiro atoms. The Bertz CT molecular complexity index is 452. The minimum Gasteiger partial charge on any atom is -0.462 e. The Morgan fingerprint density at radius 1 is 1.30 bits per heavy atom. The van der Waals surface area contributed by atoms with E-state index in [0.717, 1.165) is 25.7 Å². The Balaban J connectivity index is 2.78. The first kappa shape index (κ1) is 16.8. The van der Waals surface area contributed by atoms with Gasteiger partial charge in [0.1, 0.15) is 0 Å². The summed E-state index contributed by atoms with van der Waals surface area (Å²) in [6.45, 7) is 5.12. The summed E-state index contributed by atoms with van der Waals surface area (Å²) in [6.07, 6.45) is 3.73. The van der Waals surface area contributed by atoms with Gasteiger partial charge in [0.25, 0.3) is 0 Å². The molecule has 0 amide bonds. The van der Waals surface area contributed by atoms with Crippen LogP contribution >= 0.6 is 12.6 Å². The summed E-state index contributed by atoms with van der Waals surface area (Å²) < 4.78 is 19.0. The van der Waals surface area contributed by atoms with Gasteiger partial charge >= 0.3 is 5.97 Å². The minimum absolute atomic E-state index is 0.147. The van der Waals surface area contributed by atoms with E-state index in [0.29, 0.717) is 24.4 Å². The number of carbonyl (C=O) groups excluding carboxylic acids is 1. The standard InChI is InChI=1S/C15H22FNO2S/c1-3-5-7-17-12-9-11(10-13(20)14(12)16)15(18)19-8-6-4-2/h9-10,17,20H,3-8H2,1-2H3. The molecule has 1 N–H and O–H groups in total. The highest BCUT2D eigenvalue weighted by Crippen LogP contribution is 2.24. The number of benzene rings is 1. The highest BCUT2D eigenvalue weighted by atomic mass is 32.1. The lowest BCUT2D eigenvalue weighted by Crippen LogP contribution is -2.09. The molecular weight excluding hydrogens is 277 g/mol. The molecule has 0 atom stereocenters. The topological polar surface area (TPSA) is 38.3 Å². The molecule has 0 saturated carbocycles. The maximum Gasteiger partial charge on any atom is 0.338 e. The van der Waals surface area contributed by atoms with Gasteiger partial charge in [-0.25, -0.2) is 9.18 Å². The molecule has 0 unspecified atom stereocenters. The number of halogens is 1. The Morgan fingerprint density at radius 2 is 2.00 bits per heavy atom. The molecule has 0 bridgehead atoms. The van der Waals surface area contributed by atoms with Gasteiger partial charge in [-0.3, -0.25) is 0 Å². The summed E-state index contributed by atoms with van der Waals surface area (Å²) >= 11 is 4.06. The summed E-state index contributed by atoms with van der Waals surface area (Å²) in [5.74, 6) is -0.873. The van der Waals surface area contributed by atoms with Gasteiger partial charge in [-0.05, 0) is 25.0 Å². The average molecular weight is 299 g/mol. The van der Waals surface area contributed by atoms with E-state index in [-0.39, 0.29) is 4.90 Å². The van der Waals surface area contributed by atoms with Gasteiger partial charge in [0, 0.05) is 11.4 Å². The van der Waals surface area contributed by atoms with Crippen LogP contribution in [-0.2, 0) is 4.74 Å². The third-order valence-corrected chi connectivity index (χ3v) is 3.19. The van der Waals surface area contributed by atoms with Crippen molar-refractivity contribution in [2.45, 2.75) is 44.4 Å². The van der Waals surface area contributed by atoms with Gasteiger partial charge in [0.2, 0.25) is 0 Å². The van der Waals surface area contributed by atoms with Crippen molar-refractivity contribution in [2.24, 2.45) is 0 Å². The number of unbranched alkanes of at least 4 members (excludes halogenated alkanes) is 2. The minimum atomic E-state index is -0.438. The van der Waals surface area contributed by atoms with E-state index < -0.39 is 11.8 Å². The number of hydrogen-bond donors (Lipinski definition) is 2. The van der Waals surface area contributed by atoms with Gasteiger partial charge in [0.15, 0.2) is 5.82 Å². The van der Waals surface area contributed by atoms with Gasteiger partial charge in [-0.15, -0.1) is 12.6 Å². The fourth-order valence-electron chi connectivity index (χ4n) is 1.65. The van der Waals surface area contributed by atoms with E-state index in [2.05, 4.69) is 24.9 Å². The van der Waals surface area contributed by atoms with Crippen LogP contribution in [0.4, 0.5) is 10.1 Å². The van der Waals surface area contributed by atoms with Crippen molar-refractivity contribution in [3.8, 4) is 0 Å². The van der Waals surface area contributed by atoms with Crippen LogP contribution in [0.5, 0.6) is 0 Å². The number of esters is 1. The van der Waals surface area contributed by atoms with Crippen LogP contribution in [-0.4, -0.2) is 19.1 Å². The summed E-state index contributed by atoms with van der Waals surface area (Å²) in [6, 6.07) is 2.89. The van der Waals surface area contributed by atoms with Gasteiger partial charge in [0.05, 0.1) is 17.9 Å². The first-order valence-electron chi connectivity index (χ1n) is 7.03. The molecule has 0 heterocycles. The zero-order chi connectivity index (χ0) is 15.0. The van der Waals surface area contributed by atoms with Crippen molar-refractivity contribution in [3.63, 3.8) is 0 Å². The highest BCUT2D eigenvalue weighted by Gasteiger charge is 2.14. The molecule has 5 heteroatoms. The second kappa shape index (κ2) is 8.84. The zero-order valence-electron chi connectivity index (χ0n) is 12.0. The predicted molar refractivity (Wildman–Crippen MR) is 82.2 cm³/mol. The van der Waals surface area contributed by atoms with Crippen LogP contribution in [0.3, 0.4) is 0 Å². The van der Waals surface area contributed by atoms with Crippen LogP contribution in [0.25, 0.3) is 0 Å². The number of anilines is 1. The predicted octanol–water partition coefficient (Wildman–Crippen LogP) is 4.28. The highest BCUT2D eigenvalue weighted by molar-refractivity contribution is 7.80. The van der Waals surface area contributed by atoms with Crippen LogP contribution in [0.2, 0.25) is 0 Å². The third-order valence-electron chi connectivity index (χ3n) is 2.87. The Morgan fingerprint density at radius 3 is 2.65 bits per heavy atom. The number of thiol groups is 1. The second-order valence-corrected chi connectivity index (χ2v) is 5.11. The molecule has 20 heavy (non-hydrogen) atoms. The fraction of sp³-hybridized carbons (Fsp3) is 0.533. The Hall–Kier alpha value is -1.23. The van der Waals surface area contributed by atoms with Crippen molar-refractivity contribution < 1.29 is 13.9 Å². The largest absolute Gasteiger partial charge is 0.462 e. The first-order valence-corrected chi connectivity index (χ1v) is 7.48. The van der Waals surface area contributed by atoms with E-state index in [4.69, 9.17) is 4.74 Å². The van der Waals surface area contributed by atoms with Crippen LogP contribution < -0.4 is 5.32 Å². The monoisotopic (exact) mass is 299 g/mol. The van der Waals surface area contributed by atoms with Crippen LogP contribution in [0.1, 0.15) is 49.9 Å². The molecule has 1 rings (SSSR count). The van der Waals surface area contributed by atoms with Crippen molar-refractivity contribution in [2.75, 3.05) is 18.5 Å². The second-order valence-electron chi connectivity index (χ2n) is 4.63. The van der Waals surface area contributed by atoms with Crippen LogP contribution in [0.15, 0.2) is 17.0 Å². The summed E-state index contributed by atoms with van der Waals surface area (Å²) in [4.78, 5) is 12.0. The smallest absolute Gasteiger partial charge is 0.338 e. The van der Waals surface area contributed by atoms with E-state index in [9.17, 15) is 9.18 Å². The van der Waals surface area contributed by atoms with Gasteiger partial charge < -0.3 is 10.1 Å². The number of nitrogens with one attached hydrogen (secondary N) is 1. The maximum atomic E-state index is 13.9. The maximum absolute atomic E-state index is 13.9. The van der Waals surface area contributed by atoms with Crippen molar-refractivity contribution >= 4 is 24.3 Å². The SMILES string of the molecule is CCCCNc1cc(C(=O)OCCCC)cc(S)c1F. The Kier molecular flexibility index (Phi) is 7.44. The Labute approximate surface area is 125 Å². The van der Waals surface area contributed by atoms with Crippen molar-refractivity contribution in [1.82, 2.24) is 0 Å². The summed E-state index contributed by atoms with van der Waals surface area (Å²) in [5.41, 5.74) is 0.625. The average Bonchev–Trinajstić information content (AvgIpc) is 2.43. The lowest BCUT2D eigenvalue weighted by molar-refractivity contribution is 0.0499. The molecule has 1 aromatic carbocycles. The summed E-state index contributed by atoms with van der Waals surface area (Å²) in [5, 5.41) is 2.99. The van der Waals surface area contributed by atoms with E-state index >= 15 is 0 Å². The molecule has 0 radical (unpaired) electrons. The van der Waals surface area contributed by atoms with E-state index in [1.54, 1.807) is 0 Å². The number of hydrogen-bond acceptors (Lipinski definition) is 4. The van der Waals surface area contributed by atoms with Crippen LogP contribution in [0, 0.1) is 5.82 Å². The number of carbonyl (C=O) groups is 1. The summed E-state index contributed by atoms with van der Waals surface area (Å²) in [7, 11) is 0. The van der Waals surface area contributed by atoms with Gasteiger partial charge in [-0.2, -0.15) is 0 Å². The normalized spacial score (nSPS) is 10.4. The lowest BCUT2D eigenvalue weighted by atomic mass is 10.2. The number of ether oxygens (including phenoxy) is 1. The van der Waals surface area contributed by atoms with Gasteiger partial charge in [-0.1, -0.05) is 26.7 Å². The molecular formula is C15H22FNO2S. The fourth-order valence-corrected chi connectivity index (χ4v) is 1.91. The van der Waals surface area contributed by atoms with E-state index in [1.165, 1.54) is 12.1 Å². The molecule has 0 aromatic heterocycles. The molecule has 3 nitrogen and oxygen atoms in total. The molecule has 0 aliphatic carbocycles. The molecule has 0 aliphatic heterocycles. The molecule has 0 fully saturated rings. The molecule has 0 aliphatic rings. The molecule has 1 aromatic rings.